The van der Waals surface area contributed by atoms with Gasteiger partial charge in [-0.2, -0.15) is 10.1 Å². The molecule has 0 atom stereocenters. The van der Waals surface area contributed by atoms with Gasteiger partial charge in [-0.1, -0.05) is 0 Å². The fourth-order valence-electron chi connectivity index (χ4n) is 6.20. The molecule has 3 aromatic rings. The summed E-state index contributed by atoms with van der Waals surface area (Å²) in [5.74, 6) is 3.30. The number of ether oxygens (including phenoxy) is 1. The topological polar surface area (TPSA) is 99.5 Å². The lowest BCUT2D eigenvalue weighted by Gasteiger charge is -2.40. The summed E-state index contributed by atoms with van der Waals surface area (Å²) in [6, 6.07) is 4.92. The highest BCUT2D eigenvalue weighted by Gasteiger charge is 2.28. The Hall–Kier alpha value is -3.02. The van der Waals surface area contributed by atoms with E-state index in [9.17, 15) is 0 Å². The third-order valence-electron chi connectivity index (χ3n) is 8.45. The standard InChI is InChI=1S/C28H42N10O/c1-20(2)38-24-18-26(32-25-4-9-30-28(33-25)37-14-7-22(39-3)8-15-37)31-19-23(24)27(34-38)36-12-5-21(6-13-36)35-16-10-29-11-17-35/h4,9,18-22,29H,5-8,10-17H2,1-3H3,(H,30,31,32,33). The summed E-state index contributed by atoms with van der Waals surface area (Å²) in [6.45, 7) is 12.8. The Balaban J connectivity index is 1.18. The van der Waals surface area contributed by atoms with Crippen molar-refractivity contribution in [2.24, 2.45) is 0 Å². The number of piperazine rings is 1. The van der Waals surface area contributed by atoms with E-state index in [-0.39, 0.29) is 6.04 Å². The maximum atomic E-state index is 5.51. The molecule has 2 N–H and O–H groups in total. The van der Waals surface area contributed by atoms with Crippen LogP contribution in [0.4, 0.5) is 23.4 Å². The molecule has 11 nitrogen and oxygen atoms in total. The zero-order chi connectivity index (χ0) is 26.8. The predicted octanol–water partition coefficient (Wildman–Crippen LogP) is 3.04. The number of rotatable bonds is 7. The van der Waals surface area contributed by atoms with Crippen LogP contribution in [0.1, 0.15) is 45.6 Å². The van der Waals surface area contributed by atoms with Crippen LogP contribution in [0, 0.1) is 0 Å². The van der Waals surface area contributed by atoms with Gasteiger partial charge < -0.3 is 25.2 Å². The van der Waals surface area contributed by atoms with Gasteiger partial charge >= 0.3 is 0 Å². The van der Waals surface area contributed by atoms with Crippen LogP contribution in [0.2, 0.25) is 0 Å². The van der Waals surface area contributed by atoms with Crippen LogP contribution in [-0.2, 0) is 4.74 Å². The van der Waals surface area contributed by atoms with Crippen molar-refractivity contribution in [2.45, 2.75) is 57.7 Å². The number of aromatic nitrogens is 5. The van der Waals surface area contributed by atoms with Crippen LogP contribution in [0.15, 0.2) is 24.5 Å². The van der Waals surface area contributed by atoms with E-state index >= 15 is 0 Å². The van der Waals surface area contributed by atoms with E-state index in [4.69, 9.17) is 19.8 Å². The summed E-state index contributed by atoms with van der Waals surface area (Å²) in [5.41, 5.74) is 1.10. The largest absolute Gasteiger partial charge is 0.381 e. The average Bonchev–Trinajstić information content (AvgIpc) is 3.37. The molecule has 0 aromatic carbocycles. The van der Waals surface area contributed by atoms with Crippen molar-refractivity contribution in [3.8, 4) is 0 Å². The van der Waals surface area contributed by atoms with Gasteiger partial charge in [-0.25, -0.2) is 9.97 Å². The van der Waals surface area contributed by atoms with Crippen molar-refractivity contribution in [2.75, 3.05) is 74.6 Å². The Morgan fingerprint density at radius 3 is 2.41 bits per heavy atom. The second-order valence-corrected chi connectivity index (χ2v) is 11.2. The van der Waals surface area contributed by atoms with Gasteiger partial charge in [0.2, 0.25) is 5.95 Å². The molecule has 0 aliphatic carbocycles. The van der Waals surface area contributed by atoms with Crippen LogP contribution in [0.25, 0.3) is 10.9 Å². The molecule has 0 radical (unpaired) electrons. The second-order valence-electron chi connectivity index (χ2n) is 11.2. The number of piperidine rings is 2. The lowest BCUT2D eigenvalue weighted by molar-refractivity contribution is 0.0816. The first-order valence-electron chi connectivity index (χ1n) is 14.5. The first kappa shape index (κ1) is 26.2. The molecule has 3 aliphatic heterocycles. The van der Waals surface area contributed by atoms with E-state index in [2.05, 4.69) is 54.9 Å². The number of nitrogens with zero attached hydrogens (tertiary/aromatic N) is 8. The Bertz CT molecular complexity index is 1240. The first-order valence-corrected chi connectivity index (χ1v) is 14.5. The zero-order valence-electron chi connectivity index (χ0n) is 23.5. The summed E-state index contributed by atoms with van der Waals surface area (Å²) in [7, 11) is 1.79. The Labute approximate surface area is 230 Å². The van der Waals surface area contributed by atoms with Crippen molar-refractivity contribution in [1.29, 1.82) is 0 Å². The van der Waals surface area contributed by atoms with Gasteiger partial charge in [-0.3, -0.25) is 9.58 Å². The molecule has 0 spiro atoms. The van der Waals surface area contributed by atoms with E-state index in [0.717, 1.165) is 99.5 Å². The molecule has 210 valence electrons. The molecule has 3 aliphatic rings. The molecule has 6 heterocycles. The van der Waals surface area contributed by atoms with Gasteiger partial charge in [0.1, 0.15) is 11.6 Å². The SMILES string of the molecule is COC1CCN(c2nccc(Nc3cc4c(cn3)c(N3CCC(N5CCNCC5)CC3)nn4C(C)C)n2)CC1. The minimum absolute atomic E-state index is 0.246. The average molecular weight is 535 g/mol. The third-order valence-corrected chi connectivity index (χ3v) is 8.45. The monoisotopic (exact) mass is 534 g/mol. The van der Waals surface area contributed by atoms with Gasteiger partial charge in [0.15, 0.2) is 5.82 Å². The van der Waals surface area contributed by atoms with Gasteiger partial charge in [-0.15, -0.1) is 0 Å². The predicted molar refractivity (Wildman–Crippen MR) is 155 cm³/mol. The molecule has 39 heavy (non-hydrogen) atoms. The van der Waals surface area contributed by atoms with Gasteiger partial charge in [-0.05, 0) is 45.6 Å². The number of methoxy groups -OCH3 is 1. The Morgan fingerprint density at radius 1 is 0.949 bits per heavy atom. The normalized spacial score (nSPS) is 20.3. The first-order chi connectivity index (χ1) is 19.1. The number of nitrogens with one attached hydrogen (secondary N) is 2. The lowest BCUT2D eigenvalue weighted by atomic mass is 10.0. The van der Waals surface area contributed by atoms with E-state index in [1.165, 1.54) is 12.8 Å². The van der Waals surface area contributed by atoms with Gasteiger partial charge in [0.25, 0.3) is 0 Å². The molecule has 0 amide bonds. The van der Waals surface area contributed by atoms with Crippen LogP contribution in [0.3, 0.4) is 0 Å². The molecule has 0 unspecified atom stereocenters. The summed E-state index contributed by atoms with van der Waals surface area (Å²) in [6.07, 6.45) is 8.46. The molecule has 3 aromatic heterocycles. The Morgan fingerprint density at radius 2 is 1.69 bits per heavy atom. The molecular formula is C28H42N10O. The lowest BCUT2D eigenvalue weighted by Crippen LogP contribution is -2.52. The zero-order valence-corrected chi connectivity index (χ0v) is 23.5. The van der Waals surface area contributed by atoms with Crippen molar-refractivity contribution in [3.05, 3.63) is 24.5 Å². The minimum atomic E-state index is 0.246. The summed E-state index contributed by atoms with van der Waals surface area (Å²) >= 11 is 0. The quantitative estimate of drug-likeness (QED) is 0.471. The van der Waals surface area contributed by atoms with E-state index in [1.54, 1.807) is 7.11 Å². The van der Waals surface area contributed by atoms with Crippen molar-refractivity contribution in [3.63, 3.8) is 0 Å². The van der Waals surface area contributed by atoms with Crippen LogP contribution >= 0.6 is 0 Å². The smallest absolute Gasteiger partial charge is 0.227 e. The van der Waals surface area contributed by atoms with Gasteiger partial charge in [0, 0.05) is 90.0 Å². The van der Waals surface area contributed by atoms with Crippen LogP contribution < -0.4 is 20.4 Å². The second kappa shape index (κ2) is 11.6. The molecule has 11 heteroatoms. The number of pyridine rings is 1. The van der Waals surface area contributed by atoms with Gasteiger partial charge in [0.05, 0.1) is 17.0 Å². The highest BCUT2D eigenvalue weighted by molar-refractivity contribution is 5.92. The van der Waals surface area contributed by atoms with Crippen LogP contribution in [0.5, 0.6) is 0 Å². The maximum Gasteiger partial charge on any atom is 0.227 e. The fourth-order valence-corrected chi connectivity index (χ4v) is 6.20. The summed E-state index contributed by atoms with van der Waals surface area (Å²) < 4.78 is 7.64. The van der Waals surface area contributed by atoms with E-state index < -0.39 is 0 Å². The maximum absolute atomic E-state index is 5.51. The molecule has 6 rings (SSSR count). The number of hydrogen-bond donors (Lipinski definition) is 2. The Kier molecular flexibility index (Phi) is 7.80. The highest BCUT2D eigenvalue weighted by atomic mass is 16.5. The van der Waals surface area contributed by atoms with Crippen molar-refractivity contribution >= 4 is 34.3 Å². The molecule has 0 saturated carbocycles. The van der Waals surface area contributed by atoms with E-state index in [0.29, 0.717) is 12.1 Å². The molecular weight excluding hydrogens is 492 g/mol. The van der Waals surface area contributed by atoms with Crippen molar-refractivity contribution < 1.29 is 4.74 Å². The number of anilines is 4. The third kappa shape index (κ3) is 5.66. The summed E-state index contributed by atoms with van der Waals surface area (Å²) in [4.78, 5) is 21.4. The molecule has 3 saturated heterocycles. The fraction of sp³-hybridized carbons (Fsp3) is 0.643. The minimum Gasteiger partial charge on any atom is -0.381 e. The van der Waals surface area contributed by atoms with Crippen LogP contribution in [-0.4, -0.2) is 101 Å². The number of hydrogen-bond acceptors (Lipinski definition) is 10. The molecule has 0 bridgehead atoms. The van der Waals surface area contributed by atoms with Crippen molar-refractivity contribution in [1.82, 2.24) is 34.9 Å². The summed E-state index contributed by atoms with van der Waals surface area (Å²) in [5, 5.41) is 13.1. The highest BCUT2D eigenvalue weighted by Crippen LogP contribution is 2.32. The van der Waals surface area contributed by atoms with E-state index in [1.807, 2.05) is 18.5 Å². The molecule has 3 fully saturated rings. The number of fused-ring (bicyclic) bond motifs is 1.